The lowest BCUT2D eigenvalue weighted by molar-refractivity contribution is -0.0704. The maximum atomic E-state index is 12.4. The summed E-state index contributed by atoms with van der Waals surface area (Å²) in [6, 6.07) is 8.13. The molecule has 2 aliphatic heterocycles. The first-order valence-corrected chi connectivity index (χ1v) is 8.53. The zero-order valence-corrected chi connectivity index (χ0v) is 14.1. The molecule has 2 unspecified atom stereocenters. The van der Waals surface area contributed by atoms with Crippen LogP contribution in [0.1, 0.15) is 36.2 Å². The molecule has 5 nitrogen and oxygen atoms in total. The van der Waals surface area contributed by atoms with Crippen LogP contribution in [-0.4, -0.2) is 60.1 Å². The molecule has 1 aromatic rings. The number of amides is 1. The molecular weight excluding hydrogens is 290 g/mol. The number of nitrogens with two attached hydrogens (primary N) is 1. The van der Waals surface area contributed by atoms with Crippen LogP contribution in [0.3, 0.4) is 0 Å². The van der Waals surface area contributed by atoms with Gasteiger partial charge in [0.15, 0.2) is 0 Å². The van der Waals surface area contributed by atoms with Gasteiger partial charge in [-0.2, -0.15) is 0 Å². The highest BCUT2D eigenvalue weighted by molar-refractivity contribution is 5.94. The molecule has 0 aromatic heterocycles. The third-order valence-corrected chi connectivity index (χ3v) is 4.61. The average Bonchev–Trinajstić information content (AvgIpc) is 2.93. The maximum Gasteiger partial charge on any atom is 0.253 e. The Morgan fingerprint density at radius 3 is 2.39 bits per heavy atom. The zero-order chi connectivity index (χ0) is 16.4. The fourth-order valence-corrected chi connectivity index (χ4v) is 3.58. The van der Waals surface area contributed by atoms with Gasteiger partial charge in [0.25, 0.3) is 5.91 Å². The zero-order valence-electron chi connectivity index (χ0n) is 14.1. The number of morpholine rings is 1. The fraction of sp³-hybridized carbons (Fsp3) is 0.611. The summed E-state index contributed by atoms with van der Waals surface area (Å²) in [4.78, 5) is 16.7. The number of hydrogen-bond donors (Lipinski definition) is 1. The van der Waals surface area contributed by atoms with Gasteiger partial charge in [0, 0.05) is 44.3 Å². The molecular formula is C18H27N3O2. The van der Waals surface area contributed by atoms with Crippen molar-refractivity contribution in [1.82, 2.24) is 9.80 Å². The summed E-state index contributed by atoms with van der Waals surface area (Å²) in [6.07, 6.45) is 1.45. The number of ether oxygens (including phenoxy) is 1. The number of carbonyl (C=O) groups excluding carboxylic acids is 1. The molecule has 23 heavy (non-hydrogen) atoms. The molecule has 2 N–H and O–H groups in total. The summed E-state index contributed by atoms with van der Waals surface area (Å²) in [6.45, 7) is 8.49. The standard InChI is InChI=1S/C18H27N3O2/c1-13-9-20(10-14(2)23-13)11-15-3-5-16(6-4-15)18(22)21-8-7-17(19)12-21/h3-6,13-14,17H,7-12,19H2,1-2H3/t13?,14?,17-/m1/s1. The molecule has 0 saturated carbocycles. The molecule has 2 aliphatic rings. The van der Waals surface area contributed by atoms with E-state index in [2.05, 4.69) is 30.9 Å². The van der Waals surface area contributed by atoms with E-state index in [4.69, 9.17) is 10.5 Å². The van der Waals surface area contributed by atoms with Gasteiger partial charge in [0.05, 0.1) is 12.2 Å². The highest BCUT2D eigenvalue weighted by Gasteiger charge is 2.25. The summed E-state index contributed by atoms with van der Waals surface area (Å²) >= 11 is 0. The Morgan fingerprint density at radius 1 is 1.17 bits per heavy atom. The molecule has 126 valence electrons. The van der Waals surface area contributed by atoms with Crippen LogP contribution in [0.2, 0.25) is 0 Å². The Kier molecular flexibility index (Phi) is 4.99. The van der Waals surface area contributed by atoms with Crippen molar-refractivity contribution in [3.63, 3.8) is 0 Å². The molecule has 3 atom stereocenters. The van der Waals surface area contributed by atoms with E-state index in [-0.39, 0.29) is 24.2 Å². The Hall–Kier alpha value is -1.43. The van der Waals surface area contributed by atoms with Crippen LogP contribution in [0.15, 0.2) is 24.3 Å². The van der Waals surface area contributed by atoms with E-state index in [9.17, 15) is 4.79 Å². The fourth-order valence-electron chi connectivity index (χ4n) is 3.58. The smallest absolute Gasteiger partial charge is 0.253 e. The van der Waals surface area contributed by atoms with Crippen LogP contribution in [-0.2, 0) is 11.3 Å². The first-order valence-electron chi connectivity index (χ1n) is 8.53. The highest BCUT2D eigenvalue weighted by atomic mass is 16.5. The molecule has 3 rings (SSSR count). The maximum absolute atomic E-state index is 12.4. The third kappa shape index (κ3) is 4.10. The van der Waals surface area contributed by atoms with Gasteiger partial charge in [-0.15, -0.1) is 0 Å². The van der Waals surface area contributed by atoms with E-state index in [0.29, 0.717) is 6.54 Å². The van der Waals surface area contributed by atoms with Crippen LogP contribution in [0.5, 0.6) is 0 Å². The van der Waals surface area contributed by atoms with Gasteiger partial charge in [-0.1, -0.05) is 12.1 Å². The second-order valence-corrected chi connectivity index (χ2v) is 6.95. The number of carbonyl (C=O) groups is 1. The van der Waals surface area contributed by atoms with E-state index in [1.165, 1.54) is 5.56 Å². The monoisotopic (exact) mass is 317 g/mol. The third-order valence-electron chi connectivity index (χ3n) is 4.61. The van der Waals surface area contributed by atoms with Crippen LogP contribution in [0.25, 0.3) is 0 Å². The molecule has 0 radical (unpaired) electrons. The topological polar surface area (TPSA) is 58.8 Å². The Morgan fingerprint density at radius 2 is 1.83 bits per heavy atom. The Labute approximate surface area is 138 Å². The van der Waals surface area contributed by atoms with E-state index < -0.39 is 0 Å². The van der Waals surface area contributed by atoms with E-state index >= 15 is 0 Å². The second kappa shape index (κ2) is 6.99. The number of benzene rings is 1. The van der Waals surface area contributed by atoms with Gasteiger partial charge in [0.2, 0.25) is 0 Å². The predicted octanol–water partition coefficient (Wildman–Crippen LogP) is 1.47. The molecule has 0 spiro atoms. The quantitative estimate of drug-likeness (QED) is 0.917. The molecule has 0 aliphatic carbocycles. The summed E-state index contributed by atoms with van der Waals surface area (Å²) in [7, 11) is 0. The van der Waals surface area contributed by atoms with Gasteiger partial charge in [-0.25, -0.2) is 0 Å². The van der Waals surface area contributed by atoms with Gasteiger partial charge in [-0.05, 0) is 38.0 Å². The molecule has 2 heterocycles. The summed E-state index contributed by atoms with van der Waals surface area (Å²) in [5.41, 5.74) is 7.88. The first-order chi connectivity index (χ1) is 11.0. The number of likely N-dealkylation sites (tertiary alicyclic amines) is 1. The van der Waals surface area contributed by atoms with E-state index in [0.717, 1.165) is 38.2 Å². The van der Waals surface area contributed by atoms with Crippen molar-refractivity contribution in [1.29, 1.82) is 0 Å². The van der Waals surface area contributed by atoms with Gasteiger partial charge >= 0.3 is 0 Å². The molecule has 1 aromatic carbocycles. The minimum Gasteiger partial charge on any atom is -0.373 e. The Balaban J connectivity index is 1.59. The lowest BCUT2D eigenvalue weighted by Gasteiger charge is -2.35. The van der Waals surface area contributed by atoms with Crippen LogP contribution in [0.4, 0.5) is 0 Å². The first kappa shape index (κ1) is 16.4. The number of nitrogens with zero attached hydrogens (tertiary/aromatic N) is 2. The summed E-state index contributed by atoms with van der Waals surface area (Å²) in [5, 5.41) is 0. The number of hydrogen-bond acceptors (Lipinski definition) is 4. The largest absolute Gasteiger partial charge is 0.373 e. The lowest BCUT2D eigenvalue weighted by atomic mass is 10.1. The molecule has 2 fully saturated rings. The van der Waals surface area contributed by atoms with Crippen molar-refractivity contribution in [2.45, 2.75) is 45.1 Å². The van der Waals surface area contributed by atoms with Crippen molar-refractivity contribution in [3.8, 4) is 0 Å². The summed E-state index contributed by atoms with van der Waals surface area (Å²) < 4.78 is 5.77. The Bertz CT molecular complexity index is 536. The molecule has 1 amide bonds. The normalized spacial score (nSPS) is 29.0. The van der Waals surface area contributed by atoms with Crippen molar-refractivity contribution >= 4 is 5.91 Å². The number of rotatable bonds is 3. The van der Waals surface area contributed by atoms with Crippen molar-refractivity contribution < 1.29 is 9.53 Å². The lowest BCUT2D eigenvalue weighted by Crippen LogP contribution is -2.44. The van der Waals surface area contributed by atoms with E-state index in [1.54, 1.807) is 0 Å². The summed E-state index contributed by atoms with van der Waals surface area (Å²) in [5.74, 6) is 0.0955. The van der Waals surface area contributed by atoms with Crippen LogP contribution >= 0.6 is 0 Å². The predicted molar refractivity (Wildman–Crippen MR) is 90.2 cm³/mol. The SMILES string of the molecule is CC1CN(Cc2ccc(C(=O)N3CC[C@@H](N)C3)cc2)CC(C)O1. The molecule has 5 heteroatoms. The molecule has 0 bridgehead atoms. The van der Waals surface area contributed by atoms with Crippen LogP contribution in [0, 0.1) is 0 Å². The van der Waals surface area contributed by atoms with Gasteiger partial charge in [0.1, 0.15) is 0 Å². The van der Waals surface area contributed by atoms with E-state index in [1.807, 2.05) is 17.0 Å². The second-order valence-electron chi connectivity index (χ2n) is 6.95. The van der Waals surface area contributed by atoms with Gasteiger partial charge in [-0.3, -0.25) is 9.69 Å². The minimum absolute atomic E-state index is 0.0955. The highest BCUT2D eigenvalue weighted by Crippen LogP contribution is 2.16. The minimum atomic E-state index is 0.0955. The van der Waals surface area contributed by atoms with Crippen LogP contribution < -0.4 is 5.73 Å². The van der Waals surface area contributed by atoms with Crippen molar-refractivity contribution in [2.24, 2.45) is 5.73 Å². The van der Waals surface area contributed by atoms with Crippen molar-refractivity contribution in [2.75, 3.05) is 26.2 Å². The van der Waals surface area contributed by atoms with Crippen molar-refractivity contribution in [3.05, 3.63) is 35.4 Å². The molecule has 2 saturated heterocycles. The average molecular weight is 317 g/mol. The van der Waals surface area contributed by atoms with Gasteiger partial charge < -0.3 is 15.4 Å².